The van der Waals surface area contributed by atoms with E-state index in [-0.39, 0.29) is 27.5 Å². The molecule has 4 rings (SSSR count). The number of phenolic OH excluding ortho intramolecular Hbond substituents is 1. The van der Waals surface area contributed by atoms with Crippen molar-refractivity contribution in [2.24, 2.45) is 4.99 Å². The van der Waals surface area contributed by atoms with Crippen LogP contribution in [-0.4, -0.2) is 37.4 Å². The Morgan fingerprint density at radius 2 is 1.52 bits per heavy atom. The maximum absolute atomic E-state index is 13.0. The van der Waals surface area contributed by atoms with Gasteiger partial charge in [0.05, 0.1) is 43.5 Å². The average Bonchev–Trinajstić information content (AvgIpc) is 3.18. The molecule has 1 aliphatic heterocycles. The van der Waals surface area contributed by atoms with Crippen molar-refractivity contribution in [3.8, 4) is 23.0 Å². The fourth-order valence-corrected chi connectivity index (χ4v) is 5.30. The molecule has 1 fully saturated rings. The minimum Gasteiger partial charge on any atom is -0.505 e. The maximum atomic E-state index is 13.0. The van der Waals surface area contributed by atoms with Crippen molar-refractivity contribution < 1.29 is 32.5 Å². The number of rotatable bonds is 7. The molecule has 3 aromatic carbocycles. The van der Waals surface area contributed by atoms with Gasteiger partial charge in [-0.2, -0.15) is 13.2 Å². The number of aliphatic imine (C=N–C) groups is 1. The largest absolute Gasteiger partial charge is 0.505 e. The van der Waals surface area contributed by atoms with E-state index in [0.717, 1.165) is 12.1 Å². The van der Waals surface area contributed by atoms with Crippen LogP contribution in [0, 0.1) is 0 Å². The van der Waals surface area contributed by atoms with Crippen molar-refractivity contribution in [2.75, 3.05) is 26.2 Å². The van der Waals surface area contributed by atoms with Crippen molar-refractivity contribution in [3.63, 3.8) is 0 Å². The number of methoxy groups -OCH3 is 3. The standard InChI is InChI=1S/C27H24Cl2F3N3O4S/c1-26(16-9-20(37-2)23(39-4)21(10-16)38-3)24(33-13-14-5-7-15(8-6-14)27(30,31)32)34-25(40)35(26)17-11-18(28)22(36)19(29)12-17/h5-12,36H,13H2,1-4H3,(H,33,34,40). The lowest BCUT2D eigenvalue weighted by Gasteiger charge is -2.36. The first-order chi connectivity index (χ1) is 18.8. The monoisotopic (exact) mass is 613 g/mol. The second kappa shape index (κ2) is 11.2. The van der Waals surface area contributed by atoms with Crippen molar-refractivity contribution in [1.82, 2.24) is 5.32 Å². The molecule has 13 heteroatoms. The van der Waals surface area contributed by atoms with E-state index >= 15 is 0 Å². The number of hydrogen-bond donors (Lipinski definition) is 2. The number of phenols is 1. The van der Waals surface area contributed by atoms with Crippen LogP contribution in [0.25, 0.3) is 0 Å². The van der Waals surface area contributed by atoms with Gasteiger partial charge >= 0.3 is 6.18 Å². The molecule has 0 radical (unpaired) electrons. The highest BCUT2D eigenvalue weighted by atomic mass is 35.5. The molecule has 1 atom stereocenters. The third-order valence-corrected chi connectivity index (χ3v) is 7.39. The van der Waals surface area contributed by atoms with E-state index in [1.165, 1.54) is 45.6 Å². The van der Waals surface area contributed by atoms with Gasteiger partial charge in [-0.05, 0) is 66.7 Å². The van der Waals surface area contributed by atoms with Crippen LogP contribution in [0.15, 0.2) is 53.5 Å². The first kappa shape index (κ1) is 29.6. The Bertz CT molecular complexity index is 1440. The number of nitrogens with one attached hydrogen (secondary N) is 1. The zero-order chi connectivity index (χ0) is 29.4. The summed E-state index contributed by atoms with van der Waals surface area (Å²) in [5.74, 6) is 1.22. The molecule has 1 heterocycles. The molecular formula is C27H24Cl2F3N3O4S. The number of ether oxygens (including phenoxy) is 3. The Morgan fingerprint density at radius 3 is 2.00 bits per heavy atom. The van der Waals surface area contributed by atoms with Crippen LogP contribution in [0.5, 0.6) is 23.0 Å². The third-order valence-electron chi connectivity index (χ3n) is 6.52. The van der Waals surface area contributed by atoms with Gasteiger partial charge in [-0.25, -0.2) is 0 Å². The van der Waals surface area contributed by atoms with Crippen LogP contribution in [-0.2, 0) is 18.3 Å². The Balaban J connectivity index is 1.89. The van der Waals surface area contributed by atoms with E-state index in [9.17, 15) is 18.3 Å². The summed E-state index contributed by atoms with van der Waals surface area (Å²) in [6.07, 6.45) is -4.44. The van der Waals surface area contributed by atoms with Gasteiger partial charge in [0.25, 0.3) is 0 Å². The van der Waals surface area contributed by atoms with E-state index in [1.54, 1.807) is 17.0 Å². The Hall–Kier alpha value is -3.41. The number of hydrogen-bond acceptors (Lipinski definition) is 6. The predicted molar refractivity (Wildman–Crippen MR) is 152 cm³/mol. The Labute approximate surface area is 244 Å². The topological polar surface area (TPSA) is 75.6 Å². The van der Waals surface area contributed by atoms with Gasteiger partial charge in [0.2, 0.25) is 5.75 Å². The second-order valence-corrected chi connectivity index (χ2v) is 10.1. The molecule has 0 saturated carbocycles. The number of nitrogens with zero attached hydrogens (tertiary/aromatic N) is 2. The number of amidine groups is 1. The number of anilines is 1. The average molecular weight is 614 g/mol. The molecule has 0 bridgehead atoms. The normalized spacial score (nSPS) is 18.2. The summed E-state index contributed by atoms with van der Waals surface area (Å²) in [5.41, 5.74) is -0.297. The summed E-state index contributed by atoms with van der Waals surface area (Å²) in [6, 6.07) is 11.2. The van der Waals surface area contributed by atoms with E-state index in [2.05, 4.69) is 5.32 Å². The second-order valence-electron chi connectivity index (χ2n) is 8.87. The molecule has 2 N–H and O–H groups in total. The van der Waals surface area contributed by atoms with Crippen LogP contribution < -0.4 is 24.4 Å². The van der Waals surface area contributed by atoms with Crippen LogP contribution in [0.4, 0.5) is 18.9 Å². The molecular weight excluding hydrogens is 590 g/mol. The lowest BCUT2D eigenvalue weighted by molar-refractivity contribution is -0.137. The zero-order valence-electron chi connectivity index (χ0n) is 21.7. The molecule has 1 aliphatic rings. The minimum atomic E-state index is -4.44. The molecule has 212 valence electrons. The quantitative estimate of drug-likeness (QED) is 0.279. The van der Waals surface area contributed by atoms with Crippen LogP contribution in [0.2, 0.25) is 10.0 Å². The van der Waals surface area contributed by atoms with Gasteiger partial charge in [0.15, 0.2) is 22.4 Å². The van der Waals surface area contributed by atoms with Gasteiger partial charge in [-0.15, -0.1) is 0 Å². The fraction of sp³-hybridized carbons (Fsp3) is 0.259. The van der Waals surface area contributed by atoms with E-state index in [1.807, 2.05) is 6.92 Å². The van der Waals surface area contributed by atoms with Crippen molar-refractivity contribution >= 4 is 52.1 Å². The number of halogens is 5. The summed E-state index contributed by atoms with van der Waals surface area (Å²) in [4.78, 5) is 6.44. The molecule has 1 saturated heterocycles. The number of thiocarbonyl (C=S) groups is 1. The zero-order valence-corrected chi connectivity index (χ0v) is 24.0. The summed E-state index contributed by atoms with van der Waals surface area (Å²) < 4.78 is 55.7. The molecule has 0 amide bonds. The number of aromatic hydroxyl groups is 1. The van der Waals surface area contributed by atoms with Crippen LogP contribution >= 0.6 is 35.4 Å². The summed E-state index contributed by atoms with van der Waals surface area (Å²) >= 11 is 18.2. The molecule has 7 nitrogen and oxygen atoms in total. The van der Waals surface area contributed by atoms with Gasteiger partial charge < -0.3 is 29.5 Å². The lowest BCUT2D eigenvalue weighted by Crippen LogP contribution is -2.44. The van der Waals surface area contributed by atoms with E-state index in [0.29, 0.717) is 39.9 Å². The number of alkyl halides is 3. The van der Waals surface area contributed by atoms with E-state index < -0.39 is 17.3 Å². The summed E-state index contributed by atoms with van der Waals surface area (Å²) in [6.45, 7) is 1.88. The smallest absolute Gasteiger partial charge is 0.416 e. The van der Waals surface area contributed by atoms with Crippen LogP contribution in [0.1, 0.15) is 23.6 Å². The molecule has 0 aromatic heterocycles. The Kier molecular flexibility index (Phi) is 8.30. The van der Waals surface area contributed by atoms with Crippen LogP contribution in [0.3, 0.4) is 0 Å². The van der Waals surface area contributed by atoms with Gasteiger partial charge in [-0.1, -0.05) is 35.3 Å². The van der Waals surface area contributed by atoms with Gasteiger partial charge in [-0.3, -0.25) is 4.99 Å². The molecule has 0 aliphatic carbocycles. The highest BCUT2D eigenvalue weighted by Gasteiger charge is 2.48. The number of benzene rings is 3. The Morgan fingerprint density at radius 1 is 0.975 bits per heavy atom. The van der Waals surface area contributed by atoms with Crippen molar-refractivity contribution in [3.05, 3.63) is 75.3 Å². The molecule has 3 aromatic rings. The first-order valence-corrected chi connectivity index (χ1v) is 12.8. The fourth-order valence-electron chi connectivity index (χ4n) is 4.44. The maximum Gasteiger partial charge on any atom is 0.416 e. The molecule has 1 unspecified atom stereocenters. The first-order valence-electron chi connectivity index (χ1n) is 11.7. The summed E-state index contributed by atoms with van der Waals surface area (Å²) in [7, 11) is 4.45. The highest BCUT2D eigenvalue weighted by molar-refractivity contribution is 7.80. The van der Waals surface area contributed by atoms with E-state index in [4.69, 9.17) is 54.6 Å². The SMILES string of the molecule is COc1cc(C2(C)C(=NCc3ccc(C(F)(F)F)cc3)NC(=S)N2c2cc(Cl)c(O)c(Cl)c2)cc(OC)c1OC. The molecule has 40 heavy (non-hydrogen) atoms. The predicted octanol–water partition coefficient (Wildman–Crippen LogP) is 6.95. The third kappa shape index (κ3) is 5.33. The highest BCUT2D eigenvalue weighted by Crippen LogP contribution is 2.47. The van der Waals surface area contributed by atoms with Gasteiger partial charge in [0.1, 0.15) is 11.4 Å². The van der Waals surface area contributed by atoms with Crippen molar-refractivity contribution in [2.45, 2.75) is 25.2 Å². The lowest BCUT2D eigenvalue weighted by atomic mass is 9.88. The molecule has 0 spiro atoms. The minimum absolute atomic E-state index is 0.00712. The summed E-state index contributed by atoms with van der Waals surface area (Å²) in [5, 5.41) is 13.5. The van der Waals surface area contributed by atoms with Crippen molar-refractivity contribution in [1.29, 1.82) is 0 Å². The van der Waals surface area contributed by atoms with Gasteiger partial charge in [0, 0.05) is 5.69 Å².